The first-order valence-corrected chi connectivity index (χ1v) is 15.5. The zero-order valence-electron chi connectivity index (χ0n) is 25.4. The van der Waals surface area contributed by atoms with E-state index in [4.69, 9.17) is 9.72 Å². The number of halogens is 1. The number of likely N-dealkylation sites (tertiary alicyclic amines) is 1. The van der Waals surface area contributed by atoms with Crippen molar-refractivity contribution in [2.45, 2.75) is 57.2 Å². The molecule has 2 fully saturated rings. The molecule has 0 saturated carbocycles. The van der Waals surface area contributed by atoms with Gasteiger partial charge in [0.2, 0.25) is 5.88 Å². The van der Waals surface area contributed by atoms with Crippen LogP contribution in [0.25, 0.3) is 0 Å². The fourth-order valence-corrected chi connectivity index (χ4v) is 7.29. The van der Waals surface area contributed by atoms with Gasteiger partial charge in [-0.3, -0.25) is 4.79 Å². The maximum Gasteiger partial charge on any atom is 0.282 e. The van der Waals surface area contributed by atoms with Gasteiger partial charge in [-0.2, -0.15) is 5.26 Å². The van der Waals surface area contributed by atoms with Crippen LogP contribution in [0.2, 0.25) is 0 Å². The second-order valence-corrected chi connectivity index (χ2v) is 12.3. The molecular formula is C33H42FN7O2. The van der Waals surface area contributed by atoms with Gasteiger partial charge in [0.15, 0.2) is 5.83 Å². The number of aromatic nitrogens is 1. The van der Waals surface area contributed by atoms with Crippen molar-refractivity contribution < 1.29 is 13.9 Å². The van der Waals surface area contributed by atoms with Crippen LogP contribution in [0, 0.1) is 11.3 Å². The van der Waals surface area contributed by atoms with Crippen LogP contribution in [0.15, 0.2) is 36.7 Å². The zero-order valence-corrected chi connectivity index (χ0v) is 25.4. The highest BCUT2D eigenvalue weighted by Gasteiger charge is 2.34. The molecule has 4 aliphatic rings. The Bertz CT molecular complexity index is 1420. The van der Waals surface area contributed by atoms with E-state index >= 15 is 0 Å². The van der Waals surface area contributed by atoms with E-state index in [0.29, 0.717) is 44.7 Å². The number of carbonyl (C=O) groups is 1. The molecule has 43 heavy (non-hydrogen) atoms. The number of ether oxygens (including phenoxy) is 1. The third-order valence-electron chi connectivity index (χ3n) is 9.67. The number of benzene rings is 1. The standard InChI is InChI=1S/C33H42FN7O2/c1-23(34)33(42)41-18-17-40(20-24(41)11-13-35)31-19-32(43-22-25-7-5-14-37(25)2)36-28-21-39(16-12-26(28)31)30-10-4-9-29-27(30)8-6-15-38(29)3/h4,9-10,19,24-25H,1,5-8,11-12,14-18,20-22H2,2-3H3/t24-,25-/m0/s1. The van der Waals surface area contributed by atoms with Crippen molar-refractivity contribution in [1.82, 2.24) is 14.8 Å². The smallest absolute Gasteiger partial charge is 0.282 e. The Morgan fingerprint density at radius 3 is 2.65 bits per heavy atom. The van der Waals surface area contributed by atoms with Gasteiger partial charge in [0.1, 0.15) is 6.61 Å². The first kappa shape index (κ1) is 29.2. The second-order valence-electron chi connectivity index (χ2n) is 12.3. The average Bonchev–Trinajstić information content (AvgIpc) is 3.43. The third-order valence-corrected chi connectivity index (χ3v) is 9.67. The van der Waals surface area contributed by atoms with E-state index in [2.05, 4.69) is 64.5 Å². The van der Waals surface area contributed by atoms with Crippen LogP contribution in [0.5, 0.6) is 5.88 Å². The van der Waals surface area contributed by atoms with Gasteiger partial charge >= 0.3 is 0 Å². The Labute approximate surface area is 254 Å². The number of pyridine rings is 1. The summed E-state index contributed by atoms with van der Waals surface area (Å²) in [6.07, 6.45) is 5.46. The van der Waals surface area contributed by atoms with E-state index in [1.807, 2.05) is 6.07 Å². The Hall–Kier alpha value is -3.84. The molecule has 1 aromatic carbocycles. The Morgan fingerprint density at radius 1 is 1.05 bits per heavy atom. The van der Waals surface area contributed by atoms with Crippen molar-refractivity contribution in [2.75, 3.05) is 74.7 Å². The van der Waals surface area contributed by atoms with E-state index < -0.39 is 17.8 Å². The summed E-state index contributed by atoms with van der Waals surface area (Å²) in [5.74, 6) is -1.10. The highest BCUT2D eigenvalue weighted by Crippen LogP contribution is 2.39. The van der Waals surface area contributed by atoms with Crippen LogP contribution in [-0.4, -0.2) is 92.7 Å². The zero-order chi connectivity index (χ0) is 30.1. The SMILES string of the molecule is C=C(F)C(=O)N1CCN(c2cc(OC[C@@H]3CCCN3C)nc3c2CCN(c2cccc4c2CCCN4C)C3)C[C@@H]1CC#N. The number of hydrogen-bond acceptors (Lipinski definition) is 8. The Kier molecular flexibility index (Phi) is 8.44. The number of fused-ring (bicyclic) bond motifs is 2. The van der Waals surface area contributed by atoms with Crippen LogP contribution < -0.4 is 19.4 Å². The third kappa shape index (κ3) is 5.87. The lowest BCUT2D eigenvalue weighted by Gasteiger charge is -2.43. The van der Waals surface area contributed by atoms with Gasteiger partial charge in [0.05, 0.1) is 30.8 Å². The summed E-state index contributed by atoms with van der Waals surface area (Å²) in [6, 6.07) is 10.8. The summed E-state index contributed by atoms with van der Waals surface area (Å²) < 4.78 is 20.2. The molecule has 228 valence electrons. The minimum Gasteiger partial charge on any atom is -0.476 e. The predicted molar refractivity (Wildman–Crippen MR) is 166 cm³/mol. The second kappa shape index (κ2) is 12.4. The minimum atomic E-state index is -0.986. The number of likely N-dealkylation sites (N-methyl/N-ethyl adjacent to an activating group) is 1. The average molecular weight is 588 g/mol. The maximum absolute atomic E-state index is 13.8. The molecule has 10 heteroatoms. The number of piperazine rings is 1. The lowest BCUT2D eigenvalue weighted by molar-refractivity contribution is -0.131. The molecule has 9 nitrogen and oxygen atoms in total. The van der Waals surface area contributed by atoms with Crippen LogP contribution in [-0.2, 0) is 24.2 Å². The summed E-state index contributed by atoms with van der Waals surface area (Å²) in [5.41, 5.74) is 7.24. The van der Waals surface area contributed by atoms with E-state index in [1.54, 1.807) is 0 Å². The van der Waals surface area contributed by atoms with Crippen molar-refractivity contribution in [3.8, 4) is 11.9 Å². The van der Waals surface area contributed by atoms with Gasteiger partial charge in [0, 0.05) is 74.5 Å². The number of nitriles is 1. The minimum absolute atomic E-state index is 0.126. The number of anilines is 3. The summed E-state index contributed by atoms with van der Waals surface area (Å²) in [5, 5.41) is 9.52. The van der Waals surface area contributed by atoms with Gasteiger partial charge in [-0.1, -0.05) is 12.6 Å². The van der Waals surface area contributed by atoms with Gasteiger partial charge in [0.25, 0.3) is 5.91 Å². The molecule has 0 unspecified atom stereocenters. The van der Waals surface area contributed by atoms with Gasteiger partial charge in [-0.05, 0) is 63.4 Å². The fraction of sp³-hybridized carbons (Fsp3) is 0.545. The van der Waals surface area contributed by atoms with Crippen LogP contribution in [0.4, 0.5) is 21.5 Å². The highest BCUT2D eigenvalue weighted by molar-refractivity contribution is 5.91. The van der Waals surface area contributed by atoms with Crippen LogP contribution >= 0.6 is 0 Å². The van der Waals surface area contributed by atoms with Gasteiger partial charge in [-0.25, -0.2) is 9.37 Å². The molecule has 0 aliphatic carbocycles. The van der Waals surface area contributed by atoms with Crippen molar-refractivity contribution in [3.63, 3.8) is 0 Å². The first-order chi connectivity index (χ1) is 20.8. The lowest BCUT2D eigenvalue weighted by Crippen LogP contribution is -2.55. The molecule has 1 amide bonds. The molecule has 2 aromatic rings. The molecule has 0 N–H and O–H groups in total. The summed E-state index contributed by atoms with van der Waals surface area (Å²) in [4.78, 5) is 28.4. The monoisotopic (exact) mass is 587 g/mol. The van der Waals surface area contributed by atoms with E-state index in [9.17, 15) is 14.4 Å². The number of nitrogens with zero attached hydrogens (tertiary/aromatic N) is 7. The Balaban J connectivity index is 1.31. The molecule has 0 bridgehead atoms. The summed E-state index contributed by atoms with van der Waals surface area (Å²) in [6.45, 7) is 8.80. The van der Waals surface area contributed by atoms with Crippen LogP contribution in [0.1, 0.15) is 42.5 Å². The molecule has 2 atom stereocenters. The van der Waals surface area contributed by atoms with Crippen LogP contribution in [0.3, 0.4) is 0 Å². The van der Waals surface area contributed by atoms with E-state index in [1.165, 1.54) is 33.8 Å². The summed E-state index contributed by atoms with van der Waals surface area (Å²) in [7, 11) is 4.31. The van der Waals surface area contributed by atoms with E-state index in [0.717, 1.165) is 56.7 Å². The molecule has 0 radical (unpaired) electrons. The van der Waals surface area contributed by atoms with Gasteiger partial charge < -0.3 is 29.2 Å². The number of carbonyl (C=O) groups excluding carboxylic acids is 1. The Morgan fingerprint density at radius 2 is 1.88 bits per heavy atom. The topological polar surface area (TPSA) is 79.2 Å². The number of rotatable bonds is 7. The first-order valence-electron chi connectivity index (χ1n) is 15.5. The number of hydrogen-bond donors (Lipinski definition) is 0. The fourth-order valence-electron chi connectivity index (χ4n) is 7.29. The van der Waals surface area contributed by atoms with Gasteiger partial charge in [-0.15, -0.1) is 0 Å². The van der Waals surface area contributed by atoms with E-state index in [-0.39, 0.29) is 6.42 Å². The number of amides is 1. The van der Waals surface area contributed by atoms with Crippen molar-refractivity contribution >= 4 is 23.0 Å². The highest BCUT2D eigenvalue weighted by atomic mass is 19.1. The molecule has 2 saturated heterocycles. The van der Waals surface area contributed by atoms with Crippen molar-refractivity contribution in [2.24, 2.45) is 0 Å². The predicted octanol–water partition coefficient (Wildman–Crippen LogP) is 3.91. The molecule has 5 heterocycles. The molecular weight excluding hydrogens is 545 g/mol. The maximum atomic E-state index is 13.8. The van der Waals surface area contributed by atoms with Crippen molar-refractivity contribution in [1.29, 1.82) is 5.26 Å². The summed E-state index contributed by atoms with van der Waals surface area (Å²) >= 11 is 0. The quantitative estimate of drug-likeness (QED) is 0.452. The lowest BCUT2D eigenvalue weighted by atomic mass is 9.96. The molecule has 0 spiro atoms. The molecule has 6 rings (SSSR count). The normalized spacial score (nSPS) is 22.2. The molecule has 1 aromatic heterocycles. The van der Waals surface area contributed by atoms with Crippen molar-refractivity contribution in [3.05, 3.63) is 53.5 Å². The largest absolute Gasteiger partial charge is 0.476 e. The molecule has 4 aliphatic heterocycles.